The van der Waals surface area contributed by atoms with Crippen LogP contribution in [-0.4, -0.2) is 0 Å². The third-order valence-electron chi connectivity index (χ3n) is 5.50. The molecule has 0 aromatic heterocycles. The lowest BCUT2D eigenvalue weighted by atomic mass is 9.99. The van der Waals surface area contributed by atoms with Gasteiger partial charge < -0.3 is 0 Å². The van der Waals surface area contributed by atoms with Gasteiger partial charge in [-0.05, 0) is 85.4 Å². The Hall–Kier alpha value is -3.25. The smallest absolute Gasteiger partial charge is 0.144 e. The van der Waals surface area contributed by atoms with E-state index in [1.165, 1.54) is 28.8 Å². The van der Waals surface area contributed by atoms with Crippen LogP contribution in [0.1, 0.15) is 46.7 Å². The lowest BCUT2D eigenvalue weighted by Gasteiger charge is -2.07. The summed E-state index contributed by atoms with van der Waals surface area (Å²) in [5, 5.41) is 8.76. The maximum absolute atomic E-state index is 13.7. The van der Waals surface area contributed by atoms with Crippen LogP contribution in [-0.2, 0) is 32.1 Å². The average Bonchev–Trinajstić information content (AvgIpc) is 2.78. The zero-order valence-electron chi connectivity index (χ0n) is 17.9. The van der Waals surface area contributed by atoms with Gasteiger partial charge >= 0.3 is 0 Å². The molecule has 3 heteroatoms. The molecule has 0 atom stereocenters. The van der Waals surface area contributed by atoms with Gasteiger partial charge in [0.25, 0.3) is 0 Å². The highest BCUT2D eigenvalue weighted by Crippen LogP contribution is 2.17. The Morgan fingerprint density at radius 2 is 1.06 bits per heavy atom. The standard InChI is InChI=1S/C28H27F2N/c1-2-3-4-5-21-6-8-22(9-7-21)10-11-23-12-14-24(15-13-23)16-17-25-18-27(29)26(20-31)28(30)19-25/h2-3,6-9,12-15,18-19H,4-5,10-11,16-17H2,1H3/b3-2+. The minimum absolute atomic E-state index is 0.517. The van der Waals surface area contributed by atoms with Crippen LogP contribution >= 0.6 is 0 Å². The molecule has 0 radical (unpaired) electrons. The van der Waals surface area contributed by atoms with E-state index >= 15 is 0 Å². The number of benzene rings is 3. The van der Waals surface area contributed by atoms with Crippen molar-refractivity contribution in [1.29, 1.82) is 5.26 Å². The molecule has 3 aromatic rings. The minimum atomic E-state index is -0.793. The predicted molar refractivity (Wildman–Crippen MR) is 122 cm³/mol. The fraction of sp³-hybridized carbons (Fsp3) is 0.250. The number of halogens is 2. The topological polar surface area (TPSA) is 23.8 Å². The highest BCUT2D eigenvalue weighted by molar-refractivity contribution is 5.35. The number of hydrogen-bond acceptors (Lipinski definition) is 1. The lowest BCUT2D eigenvalue weighted by molar-refractivity contribution is 0.573. The van der Waals surface area contributed by atoms with Crippen LogP contribution in [0, 0.1) is 23.0 Å². The van der Waals surface area contributed by atoms with Gasteiger partial charge in [-0.3, -0.25) is 0 Å². The normalized spacial score (nSPS) is 11.0. The van der Waals surface area contributed by atoms with Crippen molar-refractivity contribution in [3.8, 4) is 6.07 Å². The van der Waals surface area contributed by atoms with Crippen LogP contribution in [0.5, 0.6) is 0 Å². The van der Waals surface area contributed by atoms with E-state index in [-0.39, 0.29) is 0 Å². The first-order valence-electron chi connectivity index (χ1n) is 10.7. The van der Waals surface area contributed by atoms with Crippen molar-refractivity contribution in [2.24, 2.45) is 0 Å². The first-order chi connectivity index (χ1) is 15.1. The monoisotopic (exact) mass is 415 g/mol. The fourth-order valence-corrected chi connectivity index (χ4v) is 3.62. The summed E-state index contributed by atoms with van der Waals surface area (Å²) in [4.78, 5) is 0. The predicted octanol–water partition coefficient (Wildman–Crippen LogP) is 6.92. The highest BCUT2D eigenvalue weighted by Gasteiger charge is 2.10. The lowest BCUT2D eigenvalue weighted by Crippen LogP contribution is -1.98. The molecule has 0 aliphatic carbocycles. The molecule has 158 valence electrons. The molecule has 0 saturated heterocycles. The molecule has 0 fully saturated rings. The Kier molecular flexibility index (Phi) is 8.12. The Labute approximate surface area is 183 Å². The summed E-state index contributed by atoms with van der Waals surface area (Å²) in [5.41, 5.74) is 5.15. The Balaban J connectivity index is 1.50. The SMILES string of the molecule is C/C=C/CCc1ccc(CCc2ccc(CCc3cc(F)c(C#N)c(F)c3)cc2)cc1. The van der Waals surface area contributed by atoms with Gasteiger partial charge in [0.2, 0.25) is 0 Å². The first-order valence-corrected chi connectivity index (χ1v) is 10.7. The van der Waals surface area contributed by atoms with Crippen molar-refractivity contribution >= 4 is 0 Å². The van der Waals surface area contributed by atoms with Crippen LogP contribution < -0.4 is 0 Å². The largest absolute Gasteiger partial charge is 0.205 e. The molecule has 0 saturated carbocycles. The van der Waals surface area contributed by atoms with Crippen molar-refractivity contribution in [3.05, 3.63) is 118 Å². The van der Waals surface area contributed by atoms with Gasteiger partial charge in [0.05, 0.1) is 0 Å². The molecule has 0 aliphatic rings. The van der Waals surface area contributed by atoms with Crippen molar-refractivity contribution in [3.63, 3.8) is 0 Å². The molecule has 1 nitrogen and oxygen atoms in total. The number of hydrogen-bond donors (Lipinski definition) is 0. The van der Waals surface area contributed by atoms with Crippen LogP contribution in [0.4, 0.5) is 8.78 Å². The Morgan fingerprint density at radius 3 is 1.45 bits per heavy atom. The van der Waals surface area contributed by atoms with Gasteiger partial charge in [-0.1, -0.05) is 60.7 Å². The second-order valence-electron chi connectivity index (χ2n) is 7.79. The number of nitrogens with zero attached hydrogens (tertiary/aromatic N) is 1. The molecule has 0 spiro atoms. The second-order valence-corrected chi connectivity index (χ2v) is 7.79. The maximum Gasteiger partial charge on any atom is 0.144 e. The van der Waals surface area contributed by atoms with Crippen molar-refractivity contribution < 1.29 is 8.78 Å². The molecule has 0 bridgehead atoms. The van der Waals surface area contributed by atoms with E-state index in [0.717, 1.165) is 31.2 Å². The van der Waals surface area contributed by atoms with Crippen molar-refractivity contribution in [2.45, 2.75) is 45.4 Å². The van der Waals surface area contributed by atoms with Crippen LogP contribution in [0.3, 0.4) is 0 Å². The van der Waals surface area contributed by atoms with Gasteiger partial charge in [-0.25, -0.2) is 8.78 Å². The van der Waals surface area contributed by atoms with Crippen molar-refractivity contribution in [1.82, 2.24) is 0 Å². The third kappa shape index (κ3) is 6.62. The van der Waals surface area contributed by atoms with E-state index in [0.29, 0.717) is 18.4 Å². The Morgan fingerprint density at radius 1 is 0.677 bits per heavy atom. The zero-order chi connectivity index (χ0) is 22.1. The molecule has 31 heavy (non-hydrogen) atoms. The van der Waals surface area contributed by atoms with Gasteiger partial charge in [0.15, 0.2) is 0 Å². The molecular weight excluding hydrogens is 388 g/mol. The summed E-state index contributed by atoms with van der Waals surface area (Å²) in [6.07, 6.45) is 9.64. The van der Waals surface area contributed by atoms with Crippen LogP contribution in [0.25, 0.3) is 0 Å². The number of rotatable bonds is 9. The quantitative estimate of drug-likeness (QED) is 0.348. The van der Waals surface area contributed by atoms with Gasteiger partial charge in [0.1, 0.15) is 23.3 Å². The molecule has 3 rings (SSSR count). The zero-order valence-corrected chi connectivity index (χ0v) is 17.9. The summed E-state index contributed by atoms with van der Waals surface area (Å²) in [7, 11) is 0. The third-order valence-corrected chi connectivity index (χ3v) is 5.50. The van der Waals surface area contributed by atoms with Crippen molar-refractivity contribution in [2.75, 3.05) is 0 Å². The molecule has 0 unspecified atom stereocenters. The second kappa shape index (κ2) is 11.2. The van der Waals surface area contributed by atoms with Gasteiger partial charge in [-0.15, -0.1) is 0 Å². The fourth-order valence-electron chi connectivity index (χ4n) is 3.62. The highest BCUT2D eigenvalue weighted by atomic mass is 19.1. The minimum Gasteiger partial charge on any atom is -0.205 e. The van der Waals surface area contributed by atoms with E-state index in [4.69, 9.17) is 5.26 Å². The summed E-state index contributed by atoms with van der Waals surface area (Å²) >= 11 is 0. The molecule has 0 N–H and O–H groups in total. The summed E-state index contributed by atoms with van der Waals surface area (Å²) in [5.74, 6) is -1.59. The number of allylic oxidation sites excluding steroid dienone is 2. The van der Waals surface area contributed by atoms with Crippen LogP contribution in [0.2, 0.25) is 0 Å². The maximum atomic E-state index is 13.7. The molecule has 0 aliphatic heterocycles. The average molecular weight is 416 g/mol. The van der Waals surface area contributed by atoms with Crippen LogP contribution in [0.15, 0.2) is 72.8 Å². The molecule has 0 heterocycles. The van der Waals surface area contributed by atoms with Gasteiger partial charge in [0, 0.05) is 0 Å². The molecule has 0 amide bonds. The van der Waals surface area contributed by atoms with E-state index in [1.807, 2.05) is 6.92 Å². The summed E-state index contributed by atoms with van der Waals surface area (Å²) in [6, 6.07) is 21.3. The molecular formula is C28H27F2N. The van der Waals surface area contributed by atoms with Gasteiger partial charge in [-0.2, -0.15) is 5.26 Å². The number of nitriles is 1. The Bertz CT molecular complexity index is 1030. The van der Waals surface area contributed by atoms with E-state index in [9.17, 15) is 8.78 Å². The summed E-state index contributed by atoms with van der Waals surface area (Å²) in [6.45, 7) is 2.05. The van der Waals surface area contributed by atoms with E-state index < -0.39 is 17.2 Å². The first kappa shape index (κ1) is 22.4. The van der Waals surface area contributed by atoms with E-state index in [2.05, 4.69) is 60.7 Å². The molecule has 3 aromatic carbocycles. The van der Waals surface area contributed by atoms with E-state index in [1.54, 1.807) is 6.07 Å². The number of aryl methyl sites for hydroxylation is 5. The summed E-state index contributed by atoms with van der Waals surface area (Å²) < 4.78 is 27.5.